The van der Waals surface area contributed by atoms with Crippen molar-refractivity contribution in [3.05, 3.63) is 46.0 Å². The van der Waals surface area contributed by atoms with Crippen LogP contribution in [0.1, 0.15) is 23.8 Å². The Morgan fingerprint density at radius 2 is 2.35 bits per heavy atom. The van der Waals surface area contributed by atoms with Crippen LogP contribution in [0.5, 0.6) is 5.88 Å². The summed E-state index contributed by atoms with van der Waals surface area (Å²) in [5.74, 6) is 0.190. The van der Waals surface area contributed by atoms with Gasteiger partial charge in [-0.25, -0.2) is 9.37 Å². The molecule has 5 heteroatoms. The molecule has 0 spiro atoms. The number of pyridine rings is 1. The summed E-state index contributed by atoms with van der Waals surface area (Å²) in [7, 11) is 0. The van der Waals surface area contributed by atoms with Crippen molar-refractivity contribution in [2.45, 2.75) is 26.3 Å². The van der Waals surface area contributed by atoms with E-state index in [2.05, 4.69) is 23.3 Å². The fourth-order valence-electron chi connectivity index (χ4n) is 1.83. The first kappa shape index (κ1) is 14.9. The maximum absolute atomic E-state index is 13.3. The molecule has 0 atom stereocenters. The van der Waals surface area contributed by atoms with E-state index < -0.39 is 0 Å². The van der Waals surface area contributed by atoms with Crippen LogP contribution in [0, 0.1) is 5.82 Å². The van der Waals surface area contributed by atoms with E-state index >= 15 is 0 Å². The van der Waals surface area contributed by atoms with Gasteiger partial charge in [0, 0.05) is 23.4 Å². The molecular weight excluding hydrogens is 275 g/mol. The molecule has 0 aliphatic heterocycles. The zero-order chi connectivity index (χ0) is 14.2. The molecule has 0 fully saturated rings. The Kier molecular flexibility index (Phi) is 5.95. The quantitative estimate of drug-likeness (QED) is 0.758. The second-order valence-corrected chi connectivity index (χ2v) is 5.50. The summed E-state index contributed by atoms with van der Waals surface area (Å²) < 4.78 is 18.9. The van der Waals surface area contributed by atoms with E-state index in [0.717, 1.165) is 24.9 Å². The fraction of sp³-hybridized carbons (Fsp3) is 0.400. The van der Waals surface area contributed by atoms with Crippen molar-refractivity contribution in [2.24, 2.45) is 0 Å². The molecule has 0 unspecified atom stereocenters. The maximum atomic E-state index is 13.3. The van der Waals surface area contributed by atoms with Gasteiger partial charge in [0.05, 0.1) is 12.8 Å². The molecule has 2 aromatic heterocycles. The third-order valence-electron chi connectivity index (χ3n) is 2.80. The fourth-order valence-corrected chi connectivity index (χ4v) is 2.52. The molecule has 0 aliphatic rings. The van der Waals surface area contributed by atoms with Gasteiger partial charge in [0.25, 0.3) is 0 Å². The number of ether oxygens (including phenoxy) is 1. The smallest absolute Gasteiger partial charge is 0.218 e. The van der Waals surface area contributed by atoms with Crippen LogP contribution in [-0.4, -0.2) is 18.1 Å². The largest absolute Gasteiger partial charge is 0.477 e. The Morgan fingerprint density at radius 3 is 3.10 bits per heavy atom. The van der Waals surface area contributed by atoms with Gasteiger partial charge in [-0.3, -0.25) is 0 Å². The highest BCUT2D eigenvalue weighted by molar-refractivity contribution is 7.09. The van der Waals surface area contributed by atoms with Gasteiger partial charge in [0.15, 0.2) is 0 Å². The summed E-state index contributed by atoms with van der Waals surface area (Å²) in [6.07, 6.45) is 3.08. The lowest BCUT2D eigenvalue weighted by Crippen LogP contribution is -2.15. The van der Waals surface area contributed by atoms with Crippen LogP contribution in [-0.2, 0) is 13.0 Å². The van der Waals surface area contributed by atoms with Crippen LogP contribution < -0.4 is 10.1 Å². The van der Waals surface area contributed by atoms with E-state index in [-0.39, 0.29) is 5.82 Å². The molecule has 3 nitrogen and oxygen atoms in total. The first-order valence-corrected chi connectivity index (χ1v) is 7.68. The number of nitrogens with zero attached hydrogens (tertiary/aromatic N) is 1. The number of halogens is 1. The first-order valence-electron chi connectivity index (χ1n) is 6.80. The van der Waals surface area contributed by atoms with Crippen molar-refractivity contribution in [2.75, 3.05) is 13.2 Å². The SMILES string of the molecule is CCCNCc1cc(F)cnc1OCCc1cccs1. The van der Waals surface area contributed by atoms with Gasteiger partial charge in [-0.15, -0.1) is 11.3 Å². The number of rotatable bonds is 8. The predicted molar refractivity (Wildman–Crippen MR) is 79.7 cm³/mol. The van der Waals surface area contributed by atoms with Gasteiger partial charge in [0.2, 0.25) is 5.88 Å². The zero-order valence-electron chi connectivity index (χ0n) is 11.6. The van der Waals surface area contributed by atoms with Crippen molar-refractivity contribution in [3.63, 3.8) is 0 Å². The van der Waals surface area contributed by atoms with E-state index in [1.807, 2.05) is 11.4 Å². The molecule has 108 valence electrons. The number of nitrogens with one attached hydrogen (secondary N) is 1. The average molecular weight is 294 g/mol. The third-order valence-corrected chi connectivity index (χ3v) is 3.74. The van der Waals surface area contributed by atoms with Gasteiger partial charge >= 0.3 is 0 Å². The van der Waals surface area contributed by atoms with Crippen LogP contribution in [0.25, 0.3) is 0 Å². The first-order chi connectivity index (χ1) is 9.79. The van der Waals surface area contributed by atoms with E-state index in [1.54, 1.807) is 11.3 Å². The summed E-state index contributed by atoms with van der Waals surface area (Å²) in [6, 6.07) is 5.59. The molecule has 2 aromatic rings. The summed E-state index contributed by atoms with van der Waals surface area (Å²) in [4.78, 5) is 5.32. The molecule has 0 bridgehead atoms. The highest BCUT2D eigenvalue weighted by Gasteiger charge is 2.07. The number of hydrogen-bond donors (Lipinski definition) is 1. The molecule has 0 aromatic carbocycles. The van der Waals surface area contributed by atoms with Gasteiger partial charge in [-0.2, -0.15) is 0 Å². The lowest BCUT2D eigenvalue weighted by molar-refractivity contribution is 0.305. The minimum absolute atomic E-state index is 0.330. The molecule has 2 rings (SSSR count). The Bertz CT molecular complexity index is 517. The molecule has 0 amide bonds. The zero-order valence-corrected chi connectivity index (χ0v) is 12.4. The Balaban J connectivity index is 1.91. The number of thiophene rings is 1. The van der Waals surface area contributed by atoms with Gasteiger partial charge in [-0.1, -0.05) is 13.0 Å². The van der Waals surface area contributed by atoms with Gasteiger partial charge in [0.1, 0.15) is 5.82 Å². The molecule has 20 heavy (non-hydrogen) atoms. The molecule has 0 saturated heterocycles. The van der Waals surface area contributed by atoms with Crippen molar-refractivity contribution in [3.8, 4) is 5.88 Å². The second kappa shape index (κ2) is 7.97. The lowest BCUT2D eigenvalue weighted by atomic mass is 10.2. The van der Waals surface area contributed by atoms with E-state index in [0.29, 0.717) is 19.0 Å². The standard InChI is InChI=1S/C15H19FN2OS/c1-2-6-17-10-12-9-13(16)11-18-15(12)19-7-5-14-4-3-8-20-14/h3-4,8-9,11,17H,2,5-7,10H2,1H3. The van der Waals surface area contributed by atoms with Crippen LogP contribution >= 0.6 is 11.3 Å². The summed E-state index contributed by atoms with van der Waals surface area (Å²) in [5.41, 5.74) is 0.768. The van der Waals surface area contributed by atoms with Crippen molar-refractivity contribution in [1.82, 2.24) is 10.3 Å². The normalized spacial score (nSPS) is 10.7. The van der Waals surface area contributed by atoms with E-state index in [9.17, 15) is 4.39 Å². The van der Waals surface area contributed by atoms with Crippen LogP contribution in [0.4, 0.5) is 4.39 Å². The maximum Gasteiger partial charge on any atom is 0.218 e. The molecule has 0 aliphatic carbocycles. The van der Waals surface area contributed by atoms with Crippen molar-refractivity contribution in [1.29, 1.82) is 0 Å². The summed E-state index contributed by atoms with van der Waals surface area (Å²) in [6.45, 7) is 4.12. The van der Waals surface area contributed by atoms with Crippen LogP contribution in [0.3, 0.4) is 0 Å². The van der Waals surface area contributed by atoms with Gasteiger partial charge in [-0.05, 0) is 30.5 Å². The van der Waals surface area contributed by atoms with E-state index in [1.165, 1.54) is 17.1 Å². The Labute approximate surface area is 122 Å². The molecule has 0 radical (unpaired) electrons. The molecule has 2 heterocycles. The molecule has 1 N–H and O–H groups in total. The monoisotopic (exact) mass is 294 g/mol. The average Bonchev–Trinajstić information content (AvgIpc) is 2.95. The summed E-state index contributed by atoms with van der Waals surface area (Å²) in [5, 5.41) is 5.29. The Hall–Kier alpha value is -1.46. The van der Waals surface area contributed by atoms with Crippen molar-refractivity contribution < 1.29 is 9.13 Å². The minimum Gasteiger partial charge on any atom is -0.477 e. The van der Waals surface area contributed by atoms with Crippen LogP contribution in [0.2, 0.25) is 0 Å². The number of aromatic nitrogens is 1. The molecule has 0 saturated carbocycles. The van der Waals surface area contributed by atoms with Crippen LogP contribution in [0.15, 0.2) is 29.8 Å². The number of hydrogen-bond acceptors (Lipinski definition) is 4. The van der Waals surface area contributed by atoms with Crippen molar-refractivity contribution >= 4 is 11.3 Å². The van der Waals surface area contributed by atoms with Gasteiger partial charge < -0.3 is 10.1 Å². The third kappa shape index (κ3) is 4.58. The second-order valence-electron chi connectivity index (χ2n) is 4.47. The summed E-state index contributed by atoms with van der Waals surface area (Å²) >= 11 is 1.71. The minimum atomic E-state index is -0.330. The highest BCUT2D eigenvalue weighted by Crippen LogP contribution is 2.17. The van der Waals surface area contributed by atoms with E-state index in [4.69, 9.17) is 4.74 Å². The lowest BCUT2D eigenvalue weighted by Gasteiger charge is -2.10. The topological polar surface area (TPSA) is 34.2 Å². The molecular formula is C15H19FN2OS. The Morgan fingerprint density at radius 1 is 1.45 bits per heavy atom. The predicted octanol–water partition coefficient (Wildman–Crippen LogP) is 3.40. The highest BCUT2D eigenvalue weighted by atomic mass is 32.1.